The zero-order valence-electron chi connectivity index (χ0n) is 19.1. The van der Waals surface area contributed by atoms with Crippen molar-refractivity contribution in [3.05, 3.63) is 48.5 Å². The second-order valence-corrected chi connectivity index (χ2v) is 11.5. The lowest BCUT2D eigenvalue weighted by atomic mass is 9.98. The number of nitrogens with two attached hydrogens (primary N) is 1. The highest BCUT2D eigenvalue weighted by molar-refractivity contribution is 7.99. The number of hydrogen-bond acceptors (Lipinski definition) is 7. The maximum absolute atomic E-state index is 13.2. The van der Waals surface area contributed by atoms with Crippen molar-refractivity contribution in [3.63, 3.8) is 0 Å². The smallest absolute Gasteiger partial charge is 0.239 e. The maximum Gasteiger partial charge on any atom is 0.239 e. The van der Waals surface area contributed by atoms with Crippen LogP contribution in [0.2, 0.25) is 0 Å². The molecule has 0 aromatic heterocycles. The number of thioether (sulfide) groups is 1. The van der Waals surface area contributed by atoms with Gasteiger partial charge in [0, 0.05) is 36.1 Å². The zero-order valence-corrected chi connectivity index (χ0v) is 20.7. The van der Waals surface area contributed by atoms with Gasteiger partial charge in [0.15, 0.2) is 14.6 Å². The molecule has 0 saturated carbocycles. The largest absolute Gasteiger partial charge is 0.497 e. The van der Waals surface area contributed by atoms with E-state index in [1.165, 1.54) is 4.90 Å². The molecule has 33 heavy (non-hydrogen) atoms. The van der Waals surface area contributed by atoms with Gasteiger partial charge in [0.2, 0.25) is 5.91 Å². The van der Waals surface area contributed by atoms with Gasteiger partial charge in [-0.3, -0.25) is 4.79 Å². The summed E-state index contributed by atoms with van der Waals surface area (Å²) in [4.78, 5) is 13.4. The van der Waals surface area contributed by atoms with Gasteiger partial charge in [-0.05, 0) is 67.3 Å². The van der Waals surface area contributed by atoms with Gasteiger partial charge in [0.1, 0.15) is 5.75 Å². The number of carbonyl (C=O) groups excluding carboxylic acids is 1. The standard InChI is InChI=1S/C24H32N2O5S2/c1-3-18(17-32-21-8-6-20(30-2)7-9-21)16-26-19-4-10-22(11-5-19)33(28,29)24(23(25)27)12-14-31-15-13-24/h4-11,18,26H,3,12-17H2,1-2H3,(H2,25,27). The third kappa shape index (κ3) is 5.83. The minimum absolute atomic E-state index is 0.0781. The van der Waals surface area contributed by atoms with Crippen LogP contribution in [-0.2, 0) is 19.4 Å². The van der Waals surface area contributed by atoms with Crippen molar-refractivity contribution in [2.75, 3.05) is 37.9 Å². The number of ether oxygens (including phenoxy) is 2. The van der Waals surface area contributed by atoms with Crippen molar-refractivity contribution in [2.45, 2.75) is 40.7 Å². The van der Waals surface area contributed by atoms with Crippen LogP contribution < -0.4 is 15.8 Å². The Bertz CT molecular complexity index is 1020. The first-order valence-corrected chi connectivity index (χ1v) is 13.5. The number of carbonyl (C=O) groups is 1. The lowest BCUT2D eigenvalue weighted by molar-refractivity contribution is -0.122. The summed E-state index contributed by atoms with van der Waals surface area (Å²) in [5, 5.41) is 3.40. The monoisotopic (exact) mass is 492 g/mol. The van der Waals surface area contributed by atoms with Crippen molar-refractivity contribution in [1.82, 2.24) is 0 Å². The molecule has 2 aromatic rings. The third-order valence-electron chi connectivity index (χ3n) is 6.15. The first-order chi connectivity index (χ1) is 15.8. The average molecular weight is 493 g/mol. The highest BCUT2D eigenvalue weighted by Gasteiger charge is 2.51. The molecule has 3 N–H and O–H groups in total. The topological polar surface area (TPSA) is 108 Å². The number of primary amides is 1. The molecule has 7 nitrogen and oxygen atoms in total. The van der Waals surface area contributed by atoms with E-state index in [1.54, 1.807) is 43.1 Å². The van der Waals surface area contributed by atoms with Crippen molar-refractivity contribution in [2.24, 2.45) is 11.7 Å². The van der Waals surface area contributed by atoms with Crippen LogP contribution in [0.5, 0.6) is 5.75 Å². The molecule has 0 spiro atoms. The van der Waals surface area contributed by atoms with Gasteiger partial charge in [-0.2, -0.15) is 0 Å². The van der Waals surface area contributed by atoms with Gasteiger partial charge in [-0.1, -0.05) is 13.3 Å². The lowest BCUT2D eigenvalue weighted by Crippen LogP contribution is -2.53. The van der Waals surface area contributed by atoms with Gasteiger partial charge in [-0.25, -0.2) is 8.42 Å². The molecule has 0 radical (unpaired) electrons. The van der Waals surface area contributed by atoms with Gasteiger partial charge in [0.25, 0.3) is 0 Å². The molecule has 1 fully saturated rings. The molecule has 3 rings (SSSR count). The first kappa shape index (κ1) is 25.4. The van der Waals surface area contributed by atoms with Crippen molar-refractivity contribution in [3.8, 4) is 5.75 Å². The molecule has 0 bridgehead atoms. The summed E-state index contributed by atoms with van der Waals surface area (Å²) >= 11 is 1.80. The van der Waals surface area contributed by atoms with Gasteiger partial charge in [0.05, 0.1) is 12.0 Å². The van der Waals surface area contributed by atoms with Crippen LogP contribution >= 0.6 is 11.8 Å². The Morgan fingerprint density at radius 1 is 1.15 bits per heavy atom. The fourth-order valence-electron chi connectivity index (χ4n) is 3.80. The van der Waals surface area contributed by atoms with Gasteiger partial charge in [-0.15, -0.1) is 11.8 Å². The predicted octanol–water partition coefficient (Wildman–Crippen LogP) is 3.73. The number of sulfone groups is 1. The SMILES string of the molecule is CCC(CNc1ccc(S(=O)(=O)C2(C(N)=O)CCOCC2)cc1)CSc1ccc(OC)cc1. The average Bonchev–Trinajstić information content (AvgIpc) is 2.85. The van der Waals surface area contributed by atoms with Crippen LogP contribution in [0.15, 0.2) is 58.3 Å². The van der Waals surface area contributed by atoms with E-state index in [9.17, 15) is 13.2 Å². The molecule has 2 aromatic carbocycles. The van der Waals surface area contributed by atoms with E-state index in [0.717, 1.165) is 30.2 Å². The summed E-state index contributed by atoms with van der Waals surface area (Å²) in [5.41, 5.74) is 6.38. The van der Waals surface area contributed by atoms with Crippen LogP contribution in [-0.4, -0.2) is 51.7 Å². The van der Waals surface area contributed by atoms with Gasteiger partial charge < -0.3 is 20.5 Å². The van der Waals surface area contributed by atoms with E-state index in [4.69, 9.17) is 15.2 Å². The number of methoxy groups -OCH3 is 1. The van der Waals surface area contributed by atoms with Crippen molar-refractivity contribution in [1.29, 1.82) is 0 Å². The molecule has 1 atom stereocenters. The molecule has 0 aliphatic carbocycles. The van der Waals surface area contributed by atoms with E-state index >= 15 is 0 Å². The Hall–Kier alpha value is -2.23. The quantitative estimate of drug-likeness (QED) is 0.460. The lowest BCUT2D eigenvalue weighted by Gasteiger charge is -2.33. The zero-order chi connectivity index (χ0) is 23.9. The number of rotatable bonds is 11. The van der Waals surface area contributed by atoms with E-state index < -0.39 is 20.5 Å². The molecular formula is C24H32N2O5S2. The fourth-order valence-corrected chi connectivity index (χ4v) is 6.82. The van der Waals surface area contributed by atoms with Crippen LogP contribution in [0.4, 0.5) is 5.69 Å². The molecular weight excluding hydrogens is 460 g/mol. The number of hydrogen-bond donors (Lipinski definition) is 2. The molecule has 1 amide bonds. The molecule has 1 aliphatic rings. The number of amides is 1. The van der Waals surface area contributed by atoms with E-state index in [0.29, 0.717) is 5.92 Å². The summed E-state index contributed by atoms with van der Waals surface area (Å²) in [5.74, 6) is 1.44. The molecule has 1 heterocycles. The summed E-state index contributed by atoms with van der Waals surface area (Å²) in [7, 11) is -2.26. The highest BCUT2D eigenvalue weighted by Crippen LogP contribution is 2.35. The summed E-state index contributed by atoms with van der Waals surface area (Å²) in [6, 6.07) is 14.6. The van der Waals surface area contributed by atoms with Crippen molar-refractivity contribution < 1.29 is 22.7 Å². The van der Waals surface area contributed by atoms with E-state index in [1.807, 2.05) is 12.1 Å². The molecule has 1 saturated heterocycles. The van der Waals surface area contributed by atoms with Gasteiger partial charge >= 0.3 is 0 Å². The first-order valence-electron chi connectivity index (χ1n) is 11.1. The Labute approximate surface area is 200 Å². The third-order valence-corrected chi connectivity index (χ3v) is 9.92. The number of benzene rings is 2. The summed E-state index contributed by atoms with van der Waals surface area (Å²) < 4.78 is 35.3. The predicted molar refractivity (Wildman–Crippen MR) is 132 cm³/mol. The van der Waals surface area contributed by atoms with Crippen molar-refractivity contribution >= 4 is 33.2 Å². The molecule has 9 heteroatoms. The Balaban J connectivity index is 1.60. The van der Waals surface area contributed by atoms with Crippen LogP contribution in [0.25, 0.3) is 0 Å². The van der Waals surface area contributed by atoms with Crippen LogP contribution in [0.1, 0.15) is 26.2 Å². The second kappa shape index (κ2) is 11.3. The normalized spacial score (nSPS) is 16.7. The molecule has 180 valence electrons. The maximum atomic E-state index is 13.2. The summed E-state index contributed by atoms with van der Waals surface area (Å²) in [6.45, 7) is 3.34. The minimum Gasteiger partial charge on any atom is -0.497 e. The minimum atomic E-state index is -3.91. The molecule has 1 unspecified atom stereocenters. The Morgan fingerprint density at radius 2 is 1.79 bits per heavy atom. The number of nitrogens with one attached hydrogen (secondary N) is 1. The van der Waals surface area contributed by atoms with E-state index in [-0.39, 0.29) is 31.0 Å². The fraction of sp³-hybridized carbons (Fsp3) is 0.458. The summed E-state index contributed by atoms with van der Waals surface area (Å²) in [6.07, 6.45) is 1.18. The Morgan fingerprint density at radius 3 is 2.33 bits per heavy atom. The van der Waals surface area contributed by atoms with Crippen LogP contribution in [0.3, 0.4) is 0 Å². The second-order valence-electron chi connectivity index (χ2n) is 8.14. The highest BCUT2D eigenvalue weighted by atomic mass is 32.2. The molecule has 1 aliphatic heterocycles. The Kier molecular flexibility index (Phi) is 8.67. The van der Waals surface area contributed by atoms with E-state index in [2.05, 4.69) is 24.4 Å². The number of anilines is 1. The van der Waals surface area contributed by atoms with Crippen LogP contribution in [0, 0.1) is 5.92 Å².